The third-order valence-electron chi connectivity index (χ3n) is 27.4. The summed E-state index contributed by atoms with van der Waals surface area (Å²) >= 11 is 0. The Balaban J connectivity index is 0.000000212. The number of rotatable bonds is 26. The highest BCUT2D eigenvalue weighted by atomic mass is 16.3. The molecule has 2 aromatic rings. The van der Waals surface area contributed by atoms with E-state index in [4.69, 9.17) is 0 Å². The van der Waals surface area contributed by atoms with E-state index in [9.17, 15) is 48.3 Å². The fourth-order valence-corrected chi connectivity index (χ4v) is 20.3. The van der Waals surface area contributed by atoms with Crippen LogP contribution in [0.5, 0.6) is 0 Å². The highest BCUT2D eigenvalue weighted by molar-refractivity contribution is 6.38. The Hall–Kier alpha value is -7.51. The van der Waals surface area contributed by atoms with Gasteiger partial charge in [-0.05, 0) is 147 Å². The zero-order valence-electron chi connectivity index (χ0n) is 64.9. The molecular weight excluding hydrogens is 1350 g/mol. The highest BCUT2D eigenvalue weighted by Gasteiger charge is 2.86. The van der Waals surface area contributed by atoms with Gasteiger partial charge in [-0.3, -0.25) is 62.7 Å². The van der Waals surface area contributed by atoms with Crippen LogP contribution in [0.1, 0.15) is 271 Å². The predicted octanol–water partition coefficient (Wildman–Crippen LogP) is 7.02. The van der Waals surface area contributed by atoms with E-state index in [0.29, 0.717) is 51.6 Å². The summed E-state index contributed by atoms with van der Waals surface area (Å²) in [5.74, 6) is -5.53. The average Bonchev–Trinajstić information content (AvgIpc) is 1.46. The summed E-state index contributed by atoms with van der Waals surface area (Å²) in [6.45, 7) is 24.9. The zero-order valence-corrected chi connectivity index (χ0v) is 64.9. The molecule has 11 atom stereocenters. The Labute approximate surface area is 625 Å². The fourth-order valence-electron chi connectivity index (χ4n) is 20.3. The molecule has 12 rings (SSSR count). The number of aliphatic hydroxyl groups is 1. The summed E-state index contributed by atoms with van der Waals surface area (Å²) in [5.41, 5.74) is -1.98. The van der Waals surface area contributed by atoms with Gasteiger partial charge in [0.2, 0.25) is 41.2 Å². The summed E-state index contributed by atoms with van der Waals surface area (Å²) in [4.78, 5) is 173. The van der Waals surface area contributed by atoms with Gasteiger partial charge in [-0.1, -0.05) is 147 Å². The second-order valence-electron chi connectivity index (χ2n) is 36.2. The third kappa shape index (κ3) is 15.5. The normalized spacial score (nSPS) is 26.5. The van der Waals surface area contributed by atoms with Crippen molar-refractivity contribution >= 4 is 64.9 Å². The molecule has 0 bridgehead atoms. The van der Waals surface area contributed by atoms with Crippen LogP contribution in [-0.2, 0) is 43.2 Å². The molecule has 0 aromatic carbocycles. The average molecular weight is 1470 g/mol. The van der Waals surface area contributed by atoms with Crippen molar-refractivity contribution in [1.82, 2.24) is 72.3 Å². The molecule has 9 N–H and O–H groups in total. The van der Waals surface area contributed by atoms with E-state index < -0.39 is 112 Å². The lowest BCUT2D eigenvalue weighted by molar-refractivity contribution is -0.145. The Morgan fingerprint density at radius 1 is 0.491 bits per heavy atom. The number of Topliss-reactive ketones (excluding diaryl/α,β-unsaturated/α-hetero) is 1. The van der Waals surface area contributed by atoms with Gasteiger partial charge >= 0.3 is 0 Å². The summed E-state index contributed by atoms with van der Waals surface area (Å²) < 4.78 is 0. The Kier molecular flexibility index (Phi) is 23.4. The number of aliphatic hydroxyl groups excluding tert-OH is 1. The minimum absolute atomic E-state index is 0.00517. The number of hydrogen-bond acceptors (Lipinski definition) is 16. The number of aromatic nitrogens is 4. The van der Waals surface area contributed by atoms with Crippen LogP contribution in [0.15, 0.2) is 37.2 Å². The van der Waals surface area contributed by atoms with Crippen molar-refractivity contribution in [2.75, 3.05) is 13.1 Å². The number of amides is 10. The molecule has 8 aliphatic carbocycles. The summed E-state index contributed by atoms with van der Waals surface area (Å²) in [7, 11) is 0. The van der Waals surface area contributed by atoms with Crippen molar-refractivity contribution in [3.63, 3.8) is 0 Å². The fraction of sp³-hybridized carbons (Fsp3) is 0.762. The first-order valence-electron chi connectivity index (χ1n) is 39.9. The molecule has 26 heteroatoms. The molecule has 10 amide bonds. The van der Waals surface area contributed by atoms with Crippen LogP contribution >= 0.6 is 0 Å². The second kappa shape index (κ2) is 31.2. The molecule has 5 unspecified atom stereocenters. The summed E-state index contributed by atoms with van der Waals surface area (Å²) in [5, 5.41) is 34.6. The topological polar surface area (TPSA) is 362 Å². The van der Waals surface area contributed by atoms with Crippen LogP contribution in [0, 0.1) is 55.2 Å². The lowest BCUT2D eigenvalue weighted by atomic mass is 9.73. The van der Waals surface area contributed by atoms with Gasteiger partial charge < -0.3 is 57.4 Å². The predicted molar refractivity (Wildman–Crippen MR) is 395 cm³/mol. The number of nitrogens with zero attached hydrogens (tertiary/aromatic N) is 6. The Morgan fingerprint density at radius 2 is 0.896 bits per heavy atom. The molecule has 4 heterocycles. The minimum atomic E-state index is -1.41. The number of fused-ring (bicyclic) bond motifs is 2. The Bertz CT molecular complexity index is 3610. The number of carbonyl (C=O) groups is 11. The monoisotopic (exact) mass is 1470 g/mol. The van der Waals surface area contributed by atoms with Crippen LogP contribution in [0.3, 0.4) is 0 Å². The molecule has 0 radical (unpaired) electrons. The van der Waals surface area contributed by atoms with E-state index in [1.54, 1.807) is 9.80 Å². The molecule has 10 aliphatic rings. The first kappa shape index (κ1) is 79.5. The quantitative estimate of drug-likeness (QED) is 0.0427. The van der Waals surface area contributed by atoms with Crippen LogP contribution in [-0.4, -0.2) is 179 Å². The van der Waals surface area contributed by atoms with E-state index in [-0.39, 0.29) is 85.5 Å². The number of hydrogen-bond donors (Lipinski definition) is 9. The SMILES string of the molecule is CCCC(NC(=O)[C@@H]1CC2(CN1C(=O)[C@@H](NC(=O)[C@@H](NC(=O)c1cnccn1)C1CCCCC1)C(C)(C)C)C(C)(C)C21CCC1)C(=O)C(=O)NC1CC1.CCCC(NC(=O)[C@@H]1CC2(CN1C(=O)[C@@H](NC(=O)[C@@H](NC(=O)c1cnccn1)C1CCCCC1)C(C)(C)C)C(C)(C)C21CCC1)C(O)C(=O)NC1CC1. The molecule has 2 saturated heterocycles. The number of ketones is 1. The molecule has 582 valence electrons. The Morgan fingerprint density at radius 3 is 1.25 bits per heavy atom. The molecule has 10 fully saturated rings. The van der Waals surface area contributed by atoms with Crippen molar-refractivity contribution < 1.29 is 57.8 Å². The van der Waals surface area contributed by atoms with Crippen molar-refractivity contribution in [2.45, 2.75) is 317 Å². The van der Waals surface area contributed by atoms with E-state index in [2.05, 4.69) is 90.2 Å². The first-order chi connectivity index (χ1) is 50.1. The van der Waals surface area contributed by atoms with Gasteiger partial charge in [0.05, 0.1) is 24.5 Å². The van der Waals surface area contributed by atoms with Crippen LogP contribution in [0.25, 0.3) is 0 Å². The van der Waals surface area contributed by atoms with E-state index in [1.807, 2.05) is 55.4 Å². The molecule has 4 spiro atoms. The molecular formula is C80H120N14O12. The van der Waals surface area contributed by atoms with Crippen LogP contribution in [0.2, 0.25) is 0 Å². The van der Waals surface area contributed by atoms with Gasteiger partial charge in [0.25, 0.3) is 23.6 Å². The minimum Gasteiger partial charge on any atom is -0.381 e. The molecule has 26 nitrogen and oxygen atoms in total. The maximum absolute atomic E-state index is 15.0. The first-order valence-corrected chi connectivity index (χ1v) is 39.9. The van der Waals surface area contributed by atoms with Crippen molar-refractivity contribution in [3.05, 3.63) is 48.6 Å². The summed E-state index contributed by atoms with van der Waals surface area (Å²) in [6, 6.07) is -7.26. The number of nitrogens with one attached hydrogen (secondary N) is 8. The largest absolute Gasteiger partial charge is 0.381 e. The maximum atomic E-state index is 15.0. The lowest BCUT2D eigenvalue weighted by Crippen LogP contribution is -2.62. The lowest BCUT2D eigenvalue weighted by Gasteiger charge is -2.38. The second-order valence-corrected chi connectivity index (χ2v) is 36.2. The molecule has 106 heavy (non-hydrogen) atoms. The van der Waals surface area contributed by atoms with Gasteiger partial charge in [-0.15, -0.1) is 0 Å². The smallest absolute Gasteiger partial charge is 0.289 e. The zero-order chi connectivity index (χ0) is 76.7. The highest BCUT2D eigenvalue weighted by Crippen LogP contribution is 2.89. The van der Waals surface area contributed by atoms with Gasteiger partial charge in [0, 0.05) is 60.8 Å². The maximum Gasteiger partial charge on any atom is 0.289 e. The van der Waals surface area contributed by atoms with Gasteiger partial charge in [0.15, 0.2) is 6.10 Å². The van der Waals surface area contributed by atoms with Crippen LogP contribution in [0.4, 0.5) is 0 Å². The molecule has 8 saturated carbocycles. The van der Waals surface area contributed by atoms with Crippen molar-refractivity contribution in [2.24, 2.45) is 55.2 Å². The number of likely N-dealkylation sites (tertiary alicyclic amines) is 2. The standard InChI is InChI=1S/C40H61N7O6.C40H59N7O6/c2*1-7-12-26(30(48)35(52)43-25-15-16-25)44-33(50)28-21-40(38(5,6)39(40)17-11-18-39)23-47(28)36(53)31(37(2,3)4)46-34(51)29(24-13-9-8-10-14-24)45-32(49)27-22-41-19-20-42-27/h19-20,22,24-26,28-31,48H,7-18,21,23H2,1-6H3,(H,43,52)(H,44,50)(H,45,49)(H,46,51);19-20,22,24-26,28-29,31H,7-18,21,23H2,1-6H3,(H,43,52)(H,44,50)(H,45,49)(H,46,51)/t26?,28-,29-,30?,31+,40?;26?,28-,29-,31+,40?/m00/s1. The molecule has 2 aromatic heterocycles. The summed E-state index contributed by atoms with van der Waals surface area (Å²) in [6.07, 6.45) is 28.7. The molecule has 2 aliphatic heterocycles. The van der Waals surface area contributed by atoms with Gasteiger partial charge in [-0.25, -0.2) is 9.97 Å². The van der Waals surface area contributed by atoms with Crippen molar-refractivity contribution in [1.29, 1.82) is 0 Å². The van der Waals surface area contributed by atoms with E-state index in [0.717, 1.165) is 128 Å². The van der Waals surface area contributed by atoms with Gasteiger partial charge in [-0.2, -0.15) is 0 Å². The van der Waals surface area contributed by atoms with Gasteiger partial charge in [0.1, 0.15) is 47.6 Å². The third-order valence-corrected chi connectivity index (χ3v) is 27.4. The van der Waals surface area contributed by atoms with E-state index in [1.165, 1.54) is 37.2 Å². The van der Waals surface area contributed by atoms with Crippen LogP contribution < -0.4 is 42.5 Å². The van der Waals surface area contributed by atoms with Crippen molar-refractivity contribution in [3.8, 4) is 0 Å². The number of carbonyl (C=O) groups excluding carboxylic acids is 11. The van der Waals surface area contributed by atoms with E-state index >= 15 is 9.59 Å².